The molecule has 0 atom stereocenters. The lowest BCUT2D eigenvalue weighted by atomic mass is 9.95. The molecule has 0 saturated carbocycles. The van der Waals surface area contributed by atoms with E-state index in [-0.39, 0.29) is 34.0 Å². The molecular formula is C18H16FN3O3. The molecule has 0 saturated heterocycles. The molecule has 0 unspecified atom stereocenters. The number of anilines is 1. The lowest BCUT2D eigenvalue weighted by molar-refractivity contribution is 0.0597. The number of nitrogens with one attached hydrogen (secondary N) is 1. The summed E-state index contributed by atoms with van der Waals surface area (Å²) in [6, 6.07) is 7.80. The third-order valence-corrected chi connectivity index (χ3v) is 3.42. The predicted molar refractivity (Wildman–Crippen MR) is 90.9 cm³/mol. The standard InChI is InChI=1S/C18H16FN3O3/c1-4-9-21-16-12(10-20)14(11-7-5-6-8-13(11)19)15(18(23)25-3)17(22-16)24-2/h4-8H,1,9H2,2-3H3,(H,21,22). The fourth-order valence-electron chi connectivity index (χ4n) is 2.34. The minimum atomic E-state index is -0.783. The van der Waals surface area contributed by atoms with Crippen molar-refractivity contribution in [2.24, 2.45) is 0 Å². The van der Waals surface area contributed by atoms with Gasteiger partial charge in [-0.15, -0.1) is 6.58 Å². The highest BCUT2D eigenvalue weighted by molar-refractivity contribution is 6.02. The Morgan fingerprint density at radius 1 is 1.44 bits per heavy atom. The SMILES string of the molecule is C=CCNc1nc(OC)c(C(=O)OC)c(-c2ccccc2F)c1C#N. The largest absolute Gasteiger partial charge is 0.480 e. The fraction of sp³-hybridized carbons (Fsp3) is 0.167. The van der Waals surface area contributed by atoms with E-state index in [2.05, 4.69) is 16.9 Å². The molecule has 0 aliphatic carbocycles. The van der Waals surface area contributed by atoms with Crippen LogP contribution in [0.4, 0.5) is 10.2 Å². The second-order valence-electron chi connectivity index (χ2n) is 4.85. The van der Waals surface area contributed by atoms with E-state index in [0.29, 0.717) is 6.54 Å². The van der Waals surface area contributed by atoms with Gasteiger partial charge in [-0.05, 0) is 6.07 Å². The van der Waals surface area contributed by atoms with E-state index in [1.807, 2.05) is 6.07 Å². The Morgan fingerprint density at radius 3 is 2.72 bits per heavy atom. The second-order valence-corrected chi connectivity index (χ2v) is 4.85. The van der Waals surface area contributed by atoms with E-state index in [1.54, 1.807) is 12.1 Å². The van der Waals surface area contributed by atoms with Gasteiger partial charge >= 0.3 is 5.97 Å². The highest BCUT2D eigenvalue weighted by Crippen LogP contribution is 2.37. The number of hydrogen-bond donors (Lipinski definition) is 1. The molecule has 2 rings (SSSR count). The Morgan fingerprint density at radius 2 is 2.16 bits per heavy atom. The number of carbonyl (C=O) groups excluding carboxylic acids is 1. The van der Waals surface area contributed by atoms with E-state index >= 15 is 0 Å². The number of nitrogens with zero attached hydrogens (tertiary/aromatic N) is 2. The summed E-state index contributed by atoms with van der Waals surface area (Å²) in [5.41, 5.74) is 0.0246. The van der Waals surface area contributed by atoms with Crippen molar-refractivity contribution in [1.82, 2.24) is 4.98 Å². The summed E-state index contributed by atoms with van der Waals surface area (Å²) in [6.07, 6.45) is 1.58. The minimum absolute atomic E-state index is 0.00755. The molecule has 1 heterocycles. The summed E-state index contributed by atoms with van der Waals surface area (Å²) in [4.78, 5) is 16.4. The first-order valence-electron chi connectivity index (χ1n) is 7.29. The molecule has 1 N–H and O–H groups in total. The topological polar surface area (TPSA) is 84.2 Å². The highest BCUT2D eigenvalue weighted by atomic mass is 19.1. The van der Waals surface area contributed by atoms with Crippen molar-refractivity contribution in [3.05, 3.63) is 53.9 Å². The van der Waals surface area contributed by atoms with Crippen LogP contribution in [0, 0.1) is 17.1 Å². The summed E-state index contributed by atoms with van der Waals surface area (Å²) in [6.45, 7) is 3.91. The van der Waals surface area contributed by atoms with Gasteiger partial charge in [0.25, 0.3) is 0 Å². The van der Waals surface area contributed by atoms with Gasteiger partial charge in [-0.3, -0.25) is 0 Å². The number of pyridine rings is 1. The van der Waals surface area contributed by atoms with Gasteiger partial charge in [-0.1, -0.05) is 24.3 Å². The van der Waals surface area contributed by atoms with Crippen molar-refractivity contribution in [3.8, 4) is 23.1 Å². The number of ether oxygens (including phenoxy) is 2. The molecule has 2 aromatic rings. The Kier molecular flexibility index (Phi) is 5.69. The first kappa shape index (κ1) is 17.9. The van der Waals surface area contributed by atoms with Gasteiger partial charge in [0, 0.05) is 17.7 Å². The van der Waals surface area contributed by atoms with E-state index in [1.165, 1.54) is 32.4 Å². The van der Waals surface area contributed by atoms with Gasteiger partial charge in [0.15, 0.2) is 0 Å². The average molecular weight is 341 g/mol. The maximum Gasteiger partial charge on any atom is 0.344 e. The van der Waals surface area contributed by atoms with E-state index < -0.39 is 11.8 Å². The number of methoxy groups -OCH3 is 2. The Hall–Kier alpha value is -3.40. The van der Waals surface area contributed by atoms with Crippen molar-refractivity contribution in [1.29, 1.82) is 5.26 Å². The van der Waals surface area contributed by atoms with E-state index in [0.717, 1.165) is 0 Å². The fourth-order valence-corrected chi connectivity index (χ4v) is 2.34. The Balaban J connectivity index is 2.92. The molecule has 7 heteroatoms. The van der Waals surface area contributed by atoms with Gasteiger partial charge in [0.2, 0.25) is 5.88 Å². The van der Waals surface area contributed by atoms with Gasteiger partial charge < -0.3 is 14.8 Å². The van der Waals surface area contributed by atoms with Crippen LogP contribution in [0.25, 0.3) is 11.1 Å². The first-order valence-corrected chi connectivity index (χ1v) is 7.29. The van der Waals surface area contributed by atoms with Gasteiger partial charge in [0.05, 0.1) is 14.2 Å². The van der Waals surface area contributed by atoms with Crippen molar-refractivity contribution < 1.29 is 18.7 Å². The van der Waals surface area contributed by atoms with Gasteiger partial charge in [-0.2, -0.15) is 10.2 Å². The summed E-state index contributed by atoms with van der Waals surface area (Å²) in [7, 11) is 2.51. The molecular weight excluding hydrogens is 325 g/mol. The van der Waals surface area contributed by atoms with Gasteiger partial charge in [-0.25, -0.2) is 9.18 Å². The van der Waals surface area contributed by atoms with Crippen molar-refractivity contribution >= 4 is 11.8 Å². The molecule has 1 aromatic heterocycles. The van der Waals surface area contributed by atoms with E-state index in [4.69, 9.17) is 9.47 Å². The van der Waals surface area contributed by atoms with Crippen LogP contribution in [-0.4, -0.2) is 31.7 Å². The summed E-state index contributed by atoms with van der Waals surface area (Å²) in [5, 5.41) is 12.5. The van der Waals surface area contributed by atoms with Crippen LogP contribution in [-0.2, 0) is 4.74 Å². The maximum atomic E-state index is 14.4. The minimum Gasteiger partial charge on any atom is -0.480 e. The van der Waals surface area contributed by atoms with E-state index in [9.17, 15) is 14.4 Å². The summed E-state index contributed by atoms with van der Waals surface area (Å²) >= 11 is 0. The summed E-state index contributed by atoms with van der Waals surface area (Å²) in [5.74, 6) is -1.29. The van der Waals surface area contributed by atoms with Crippen LogP contribution < -0.4 is 10.1 Å². The zero-order valence-corrected chi connectivity index (χ0v) is 13.8. The Labute approximate surface area is 144 Å². The first-order chi connectivity index (χ1) is 12.1. The monoisotopic (exact) mass is 341 g/mol. The molecule has 0 spiro atoms. The molecule has 0 aliphatic rings. The number of hydrogen-bond acceptors (Lipinski definition) is 6. The number of carbonyl (C=O) groups is 1. The third-order valence-electron chi connectivity index (χ3n) is 3.42. The molecule has 0 amide bonds. The maximum absolute atomic E-state index is 14.4. The molecule has 0 aliphatic heterocycles. The number of halogens is 1. The molecule has 1 aromatic carbocycles. The number of benzene rings is 1. The number of nitriles is 1. The number of rotatable bonds is 6. The van der Waals surface area contributed by atoms with Crippen LogP contribution in [0.15, 0.2) is 36.9 Å². The quantitative estimate of drug-likeness (QED) is 0.642. The predicted octanol–water partition coefficient (Wildman–Crippen LogP) is 3.15. The summed E-state index contributed by atoms with van der Waals surface area (Å²) < 4.78 is 24.4. The van der Waals surface area contributed by atoms with Crippen LogP contribution >= 0.6 is 0 Å². The van der Waals surface area contributed by atoms with Crippen LogP contribution in [0.3, 0.4) is 0 Å². The zero-order valence-electron chi connectivity index (χ0n) is 13.8. The lowest BCUT2D eigenvalue weighted by Gasteiger charge is -2.17. The lowest BCUT2D eigenvalue weighted by Crippen LogP contribution is -2.13. The Bertz CT molecular complexity index is 859. The third kappa shape index (κ3) is 3.43. The number of esters is 1. The molecule has 0 fully saturated rings. The normalized spacial score (nSPS) is 9.84. The van der Waals surface area contributed by atoms with Crippen molar-refractivity contribution in [2.75, 3.05) is 26.1 Å². The van der Waals surface area contributed by atoms with Crippen molar-refractivity contribution in [2.45, 2.75) is 0 Å². The number of aromatic nitrogens is 1. The molecule has 0 radical (unpaired) electrons. The molecule has 0 bridgehead atoms. The smallest absolute Gasteiger partial charge is 0.344 e. The highest BCUT2D eigenvalue weighted by Gasteiger charge is 2.28. The van der Waals surface area contributed by atoms with Gasteiger partial charge in [0.1, 0.15) is 28.8 Å². The van der Waals surface area contributed by atoms with Crippen LogP contribution in [0.2, 0.25) is 0 Å². The average Bonchev–Trinajstić information content (AvgIpc) is 2.64. The zero-order chi connectivity index (χ0) is 18.4. The van der Waals surface area contributed by atoms with Crippen LogP contribution in [0.5, 0.6) is 5.88 Å². The van der Waals surface area contributed by atoms with Crippen molar-refractivity contribution in [3.63, 3.8) is 0 Å². The molecule has 6 nitrogen and oxygen atoms in total. The molecule has 25 heavy (non-hydrogen) atoms. The van der Waals surface area contributed by atoms with Crippen LogP contribution in [0.1, 0.15) is 15.9 Å². The molecule has 128 valence electrons. The second kappa shape index (κ2) is 7.93.